The van der Waals surface area contributed by atoms with Gasteiger partial charge in [0.15, 0.2) is 0 Å². The standard InChI is InChI=1S/C18H19N3OS/c1-23-16-9-5-2-6-13(16)12-18(22)19-11-10-17-20-14-7-3-4-8-15(14)21-17/h2-9H,10-12H2,1H3,(H,19,22)(H,20,21). The molecular weight excluding hydrogens is 306 g/mol. The average molecular weight is 325 g/mol. The van der Waals surface area contributed by atoms with E-state index in [0.29, 0.717) is 19.4 Å². The van der Waals surface area contributed by atoms with Crippen LogP contribution >= 0.6 is 11.8 Å². The molecule has 1 aromatic heterocycles. The molecule has 3 rings (SSSR count). The number of imidazole rings is 1. The number of carbonyl (C=O) groups excluding carboxylic acids is 1. The van der Waals surface area contributed by atoms with Gasteiger partial charge in [-0.15, -0.1) is 11.8 Å². The van der Waals surface area contributed by atoms with Crippen molar-refractivity contribution in [1.29, 1.82) is 0 Å². The maximum Gasteiger partial charge on any atom is 0.224 e. The summed E-state index contributed by atoms with van der Waals surface area (Å²) in [4.78, 5) is 21.0. The third kappa shape index (κ3) is 3.93. The Labute approximate surface area is 139 Å². The number of hydrogen-bond donors (Lipinski definition) is 2. The van der Waals surface area contributed by atoms with Crippen molar-refractivity contribution in [3.63, 3.8) is 0 Å². The van der Waals surface area contributed by atoms with Crippen LogP contribution in [0, 0.1) is 0 Å². The molecule has 0 unspecified atom stereocenters. The van der Waals surface area contributed by atoms with Gasteiger partial charge in [-0.2, -0.15) is 0 Å². The highest BCUT2D eigenvalue weighted by Crippen LogP contribution is 2.20. The summed E-state index contributed by atoms with van der Waals surface area (Å²) in [5.74, 6) is 0.943. The van der Waals surface area contributed by atoms with Crippen LogP contribution in [0.5, 0.6) is 0 Å². The minimum Gasteiger partial charge on any atom is -0.355 e. The van der Waals surface area contributed by atoms with E-state index in [4.69, 9.17) is 0 Å². The Morgan fingerprint density at radius 3 is 2.78 bits per heavy atom. The summed E-state index contributed by atoms with van der Waals surface area (Å²) < 4.78 is 0. The van der Waals surface area contributed by atoms with Crippen LogP contribution in [0.3, 0.4) is 0 Å². The fraction of sp³-hybridized carbons (Fsp3) is 0.222. The van der Waals surface area contributed by atoms with Crippen LogP contribution in [0.15, 0.2) is 53.4 Å². The van der Waals surface area contributed by atoms with Crippen LogP contribution in [0.1, 0.15) is 11.4 Å². The van der Waals surface area contributed by atoms with Crippen molar-refractivity contribution in [2.24, 2.45) is 0 Å². The van der Waals surface area contributed by atoms with Crippen molar-refractivity contribution in [1.82, 2.24) is 15.3 Å². The van der Waals surface area contributed by atoms with Crippen LogP contribution in [-0.4, -0.2) is 28.7 Å². The van der Waals surface area contributed by atoms with E-state index >= 15 is 0 Å². The zero-order chi connectivity index (χ0) is 16.1. The number of thioether (sulfide) groups is 1. The third-order valence-electron chi connectivity index (χ3n) is 3.67. The average Bonchev–Trinajstić information content (AvgIpc) is 2.98. The number of amides is 1. The molecule has 1 amide bonds. The predicted octanol–water partition coefficient (Wildman–Crippen LogP) is 3.19. The van der Waals surface area contributed by atoms with Gasteiger partial charge in [0.25, 0.3) is 0 Å². The molecule has 1 heterocycles. The van der Waals surface area contributed by atoms with Gasteiger partial charge in [-0.25, -0.2) is 4.98 Å². The van der Waals surface area contributed by atoms with Gasteiger partial charge in [0.1, 0.15) is 5.82 Å². The number of nitrogens with zero attached hydrogens (tertiary/aromatic N) is 1. The van der Waals surface area contributed by atoms with E-state index in [2.05, 4.69) is 15.3 Å². The van der Waals surface area contributed by atoms with Crippen LogP contribution < -0.4 is 5.32 Å². The van der Waals surface area contributed by atoms with Gasteiger partial charge in [0.2, 0.25) is 5.91 Å². The molecule has 0 aliphatic rings. The summed E-state index contributed by atoms with van der Waals surface area (Å²) in [6.45, 7) is 0.583. The Kier molecular flexibility index (Phi) is 4.98. The normalized spacial score (nSPS) is 10.8. The van der Waals surface area contributed by atoms with E-state index in [-0.39, 0.29) is 5.91 Å². The SMILES string of the molecule is CSc1ccccc1CC(=O)NCCc1nc2ccccc2[nH]1. The van der Waals surface area contributed by atoms with Crippen molar-refractivity contribution in [2.45, 2.75) is 17.7 Å². The highest BCUT2D eigenvalue weighted by atomic mass is 32.2. The lowest BCUT2D eigenvalue weighted by Gasteiger charge is -2.07. The molecule has 0 saturated heterocycles. The first-order valence-electron chi connectivity index (χ1n) is 7.58. The Bertz CT molecular complexity index is 780. The molecule has 2 aromatic carbocycles. The fourth-order valence-electron chi connectivity index (χ4n) is 2.53. The van der Waals surface area contributed by atoms with Crippen molar-refractivity contribution in [2.75, 3.05) is 12.8 Å². The first-order valence-corrected chi connectivity index (χ1v) is 8.81. The molecule has 3 aromatic rings. The summed E-state index contributed by atoms with van der Waals surface area (Å²) in [6.07, 6.45) is 3.14. The number of para-hydroxylation sites is 2. The van der Waals surface area contributed by atoms with Crippen molar-refractivity contribution in [3.8, 4) is 0 Å². The van der Waals surface area contributed by atoms with Crippen LogP contribution in [0.25, 0.3) is 11.0 Å². The first kappa shape index (κ1) is 15.6. The molecule has 0 aliphatic heterocycles. The Hall–Kier alpha value is -2.27. The van der Waals surface area contributed by atoms with Gasteiger partial charge in [0, 0.05) is 17.9 Å². The van der Waals surface area contributed by atoms with Crippen molar-refractivity contribution in [3.05, 3.63) is 59.9 Å². The van der Waals surface area contributed by atoms with Gasteiger partial charge in [-0.1, -0.05) is 30.3 Å². The summed E-state index contributed by atoms with van der Waals surface area (Å²) >= 11 is 1.67. The van der Waals surface area contributed by atoms with Gasteiger partial charge < -0.3 is 10.3 Å². The highest BCUT2D eigenvalue weighted by Gasteiger charge is 2.07. The second-order valence-electron chi connectivity index (χ2n) is 5.29. The molecule has 2 N–H and O–H groups in total. The van der Waals surface area contributed by atoms with Crippen LogP contribution in [-0.2, 0) is 17.6 Å². The fourth-order valence-corrected chi connectivity index (χ4v) is 3.15. The Morgan fingerprint density at radius 2 is 1.96 bits per heavy atom. The number of carbonyl (C=O) groups is 1. The maximum atomic E-state index is 12.1. The number of nitrogens with one attached hydrogen (secondary N) is 2. The van der Waals surface area contributed by atoms with E-state index in [0.717, 1.165) is 27.3 Å². The Balaban J connectivity index is 1.53. The maximum absolute atomic E-state index is 12.1. The molecule has 0 spiro atoms. The Morgan fingerprint density at radius 1 is 1.17 bits per heavy atom. The second-order valence-corrected chi connectivity index (χ2v) is 6.14. The van der Waals surface area contributed by atoms with Crippen molar-refractivity contribution >= 4 is 28.7 Å². The monoisotopic (exact) mass is 325 g/mol. The molecule has 118 valence electrons. The van der Waals surface area contributed by atoms with Crippen LogP contribution in [0.2, 0.25) is 0 Å². The molecule has 5 heteroatoms. The summed E-state index contributed by atoms with van der Waals surface area (Å²) in [5, 5.41) is 2.97. The van der Waals surface area contributed by atoms with E-state index in [1.54, 1.807) is 11.8 Å². The lowest BCUT2D eigenvalue weighted by Crippen LogP contribution is -2.27. The minimum absolute atomic E-state index is 0.0441. The third-order valence-corrected chi connectivity index (χ3v) is 4.50. The van der Waals surface area contributed by atoms with Gasteiger partial charge >= 0.3 is 0 Å². The molecule has 0 radical (unpaired) electrons. The molecule has 0 saturated carbocycles. The zero-order valence-corrected chi connectivity index (χ0v) is 13.8. The summed E-state index contributed by atoms with van der Waals surface area (Å²) in [7, 11) is 0. The molecule has 23 heavy (non-hydrogen) atoms. The number of H-pyrrole nitrogens is 1. The molecule has 4 nitrogen and oxygen atoms in total. The lowest BCUT2D eigenvalue weighted by molar-refractivity contribution is -0.120. The molecule has 0 aliphatic carbocycles. The van der Waals surface area contributed by atoms with Gasteiger partial charge in [-0.05, 0) is 30.0 Å². The van der Waals surface area contributed by atoms with E-state index in [1.807, 2.05) is 54.8 Å². The first-order chi connectivity index (χ1) is 11.3. The molecule has 0 fully saturated rings. The largest absolute Gasteiger partial charge is 0.355 e. The lowest BCUT2D eigenvalue weighted by atomic mass is 10.1. The molecular formula is C18H19N3OS. The van der Waals surface area contributed by atoms with Crippen LogP contribution in [0.4, 0.5) is 0 Å². The number of rotatable bonds is 6. The molecule has 0 bridgehead atoms. The number of benzene rings is 2. The van der Waals surface area contributed by atoms with Gasteiger partial charge in [0.05, 0.1) is 17.5 Å². The number of hydrogen-bond acceptors (Lipinski definition) is 3. The van der Waals surface area contributed by atoms with E-state index in [9.17, 15) is 4.79 Å². The minimum atomic E-state index is 0.0441. The zero-order valence-electron chi connectivity index (χ0n) is 13.0. The quantitative estimate of drug-likeness (QED) is 0.684. The predicted molar refractivity (Wildman–Crippen MR) is 94.7 cm³/mol. The second kappa shape index (κ2) is 7.33. The number of fused-ring (bicyclic) bond motifs is 1. The highest BCUT2D eigenvalue weighted by molar-refractivity contribution is 7.98. The smallest absolute Gasteiger partial charge is 0.224 e. The number of aromatic amines is 1. The van der Waals surface area contributed by atoms with Gasteiger partial charge in [-0.3, -0.25) is 4.79 Å². The summed E-state index contributed by atoms with van der Waals surface area (Å²) in [5.41, 5.74) is 3.06. The number of aromatic nitrogens is 2. The van der Waals surface area contributed by atoms with E-state index in [1.165, 1.54) is 0 Å². The van der Waals surface area contributed by atoms with Crippen molar-refractivity contribution < 1.29 is 4.79 Å². The van der Waals surface area contributed by atoms with E-state index < -0.39 is 0 Å². The topological polar surface area (TPSA) is 57.8 Å². The summed E-state index contributed by atoms with van der Waals surface area (Å²) in [6, 6.07) is 15.9. The molecule has 0 atom stereocenters.